The smallest absolute Gasteiger partial charge is 0.407 e. The molecule has 6 unspecified atom stereocenters. The van der Waals surface area contributed by atoms with Crippen LogP contribution in [0.2, 0.25) is 0 Å². The van der Waals surface area contributed by atoms with E-state index >= 15 is 0 Å². The van der Waals surface area contributed by atoms with Gasteiger partial charge >= 0.3 is 12.2 Å². The molecule has 1 saturated carbocycles. The van der Waals surface area contributed by atoms with Crippen LogP contribution >= 0.6 is 0 Å². The predicted octanol–water partition coefficient (Wildman–Crippen LogP) is 1.51. The highest BCUT2D eigenvalue weighted by molar-refractivity contribution is 5.68. The summed E-state index contributed by atoms with van der Waals surface area (Å²) in [5.41, 5.74) is 3.81. The lowest BCUT2D eigenvalue weighted by atomic mass is 9.82. The Morgan fingerprint density at radius 3 is 2.14 bits per heavy atom. The molecule has 256 valence electrons. The van der Waals surface area contributed by atoms with Crippen LogP contribution in [-0.4, -0.2) is 113 Å². The van der Waals surface area contributed by atoms with Gasteiger partial charge in [-0.05, 0) is 67.7 Å². The molecule has 3 rings (SSSR count). The molecule has 1 aliphatic carbocycles. The zero-order valence-electron chi connectivity index (χ0n) is 27.6. The highest BCUT2D eigenvalue weighted by atomic mass is 16.7. The second-order valence-electron chi connectivity index (χ2n) is 14.7. The standard InChI is InChI=1S/C30H55N3O11/c1-15-10-11-17(13-32-26(36)43-28(3,4)5)40-24(15)42-23-19(33-27(37)44-29(6,7)8)12-18(31)22(21(23)35)41-25-20(34)16(2)30(9,38)14-39-25/h15-25,34-35,38H,10-14,31H2,1-9H3,(H,32,36)(H,33,37)/t15?,16-,17+,18-,19+,20?,21?,22?,23?,24-,25-,30?/m1/s1. The minimum atomic E-state index is -1.37. The van der Waals surface area contributed by atoms with E-state index in [1.54, 1.807) is 55.4 Å². The van der Waals surface area contributed by atoms with Gasteiger partial charge in [0.1, 0.15) is 35.6 Å². The normalized spacial score (nSPS) is 40.2. The molecule has 2 saturated heterocycles. The SMILES string of the molecule is CC1CC[C@@H](CNC(=O)OC(C)(C)C)O[C@@H]1OC1C(O)C(O[C@H]2OCC(C)(O)[C@H](C)C2O)[C@H](N)C[C@@H]1NC(=O)OC(C)(C)C. The van der Waals surface area contributed by atoms with Gasteiger partial charge in [-0.1, -0.05) is 13.8 Å². The summed E-state index contributed by atoms with van der Waals surface area (Å²) in [6.45, 7) is 15.9. The highest BCUT2D eigenvalue weighted by Crippen LogP contribution is 2.35. The Labute approximate surface area is 260 Å². The first-order valence-corrected chi connectivity index (χ1v) is 15.6. The maximum absolute atomic E-state index is 12.8. The van der Waals surface area contributed by atoms with E-state index < -0.39 is 84.0 Å². The van der Waals surface area contributed by atoms with E-state index in [0.717, 1.165) is 6.42 Å². The van der Waals surface area contributed by atoms with Gasteiger partial charge in [0.15, 0.2) is 12.6 Å². The van der Waals surface area contributed by atoms with Gasteiger partial charge in [0.25, 0.3) is 0 Å². The first-order chi connectivity index (χ1) is 20.2. The van der Waals surface area contributed by atoms with Crippen molar-refractivity contribution < 1.29 is 53.3 Å². The number of hydrogen-bond donors (Lipinski definition) is 6. The summed E-state index contributed by atoms with van der Waals surface area (Å²) in [7, 11) is 0. The Kier molecular flexibility index (Phi) is 11.9. The number of rotatable bonds is 7. The molecule has 12 atom stereocenters. The van der Waals surface area contributed by atoms with E-state index in [0.29, 0.717) is 6.42 Å². The fraction of sp³-hybridized carbons (Fsp3) is 0.933. The fourth-order valence-corrected chi connectivity index (χ4v) is 5.51. The van der Waals surface area contributed by atoms with Crippen LogP contribution in [0.3, 0.4) is 0 Å². The van der Waals surface area contributed by atoms with Crippen molar-refractivity contribution in [3.63, 3.8) is 0 Å². The third-order valence-electron chi connectivity index (χ3n) is 8.22. The third kappa shape index (κ3) is 10.1. The number of nitrogens with two attached hydrogens (primary N) is 1. The van der Waals surface area contributed by atoms with E-state index in [9.17, 15) is 24.9 Å². The van der Waals surface area contributed by atoms with Crippen molar-refractivity contribution in [1.82, 2.24) is 10.6 Å². The van der Waals surface area contributed by atoms with Crippen LogP contribution in [0, 0.1) is 11.8 Å². The lowest BCUT2D eigenvalue weighted by Crippen LogP contribution is -2.67. The second kappa shape index (κ2) is 14.3. The van der Waals surface area contributed by atoms with E-state index in [1.807, 2.05) is 6.92 Å². The minimum Gasteiger partial charge on any atom is -0.444 e. The number of hydrogen-bond acceptors (Lipinski definition) is 12. The summed E-state index contributed by atoms with van der Waals surface area (Å²) in [6.07, 6.45) is -6.70. The van der Waals surface area contributed by atoms with E-state index in [1.165, 1.54) is 0 Å². The number of ether oxygens (including phenoxy) is 6. The molecule has 3 aliphatic rings. The van der Waals surface area contributed by atoms with Crippen molar-refractivity contribution in [2.45, 2.75) is 154 Å². The quantitative estimate of drug-likeness (QED) is 0.236. The number of alkyl carbamates (subject to hydrolysis) is 2. The summed E-state index contributed by atoms with van der Waals surface area (Å²) in [4.78, 5) is 25.0. The lowest BCUT2D eigenvalue weighted by Gasteiger charge is -2.48. The van der Waals surface area contributed by atoms with Gasteiger partial charge < -0.3 is 60.1 Å². The molecule has 0 radical (unpaired) electrons. The molecule has 2 amide bonds. The van der Waals surface area contributed by atoms with E-state index in [-0.39, 0.29) is 31.6 Å². The van der Waals surface area contributed by atoms with Crippen LogP contribution in [-0.2, 0) is 28.4 Å². The first kappa shape index (κ1) is 36.7. The number of amides is 2. The van der Waals surface area contributed by atoms with Crippen LogP contribution in [0.15, 0.2) is 0 Å². The van der Waals surface area contributed by atoms with Gasteiger partial charge in [0.05, 0.1) is 24.4 Å². The molecule has 0 aromatic rings. The van der Waals surface area contributed by atoms with Crippen molar-refractivity contribution in [2.24, 2.45) is 17.6 Å². The molecule has 2 aliphatic heterocycles. The number of carbonyl (C=O) groups is 2. The second-order valence-corrected chi connectivity index (χ2v) is 14.7. The first-order valence-electron chi connectivity index (χ1n) is 15.6. The molecule has 3 fully saturated rings. The van der Waals surface area contributed by atoms with Crippen molar-refractivity contribution in [2.75, 3.05) is 13.2 Å². The lowest BCUT2D eigenvalue weighted by molar-refractivity contribution is -0.315. The Bertz CT molecular complexity index is 969. The molecule has 0 spiro atoms. The molecule has 0 aromatic carbocycles. The molecule has 7 N–H and O–H groups in total. The summed E-state index contributed by atoms with van der Waals surface area (Å²) in [5.74, 6) is -0.654. The highest BCUT2D eigenvalue weighted by Gasteiger charge is 2.51. The van der Waals surface area contributed by atoms with Crippen LogP contribution < -0.4 is 16.4 Å². The van der Waals surface area contributed by atoms with E-state index in [4.69, 9.17) is 34.2 Å². The molecule has 2 heterocycles. The van der Waals surface area contributed by atoms with Crippen LogP contribution in [0.4, 0.5) is 9.59 Å². The van der Waals surface area contributed by atoms with E-state index in [2.05, 4.69) is 10.6 Å². The number of nitrogens with one attached hydrogen (secondary N) is 2. The summed E-state index contributed by atoms with van der Waals surface area (Å²) < 4.78 is 35.1. The van der Waals surface area contributed by atoms with Crippen LogP contribution in [0.5, 0.6) is 0 Å². The fourth-order valence-electron chi connectivity index (χ4n) is 5.51. The monoisotopic (exact) mass is 633 g/mol. The average Bonchev–Trinajstić information content (AvgIpc) is 2.86. The molecular formula is C30H55N3O11. The topological polar surface area (TPSA) is 200 Å². The summed E-state index contributed by atoms with van der Waals surface area (Å²) in [6, 6.07) is -1.56. The van der Waals surface area contributed by atoms with Crippen LogP contribution in [0.25, 0.3) is 0 Å². The van der Waals surface area contributed by atoms with Gasteiger partial charge in [-0.25, -0.2) is 9.59 Å². The number of carbonyl (C=O) groups excluding carboxylic acids is 2. The van der Waals surface area contributed by atoms with Crippen molar-refractivity contribution in [1.29, 1.82) is 0 Å². The average molecular weight is 634 g/mol. The molecule has 14 nitrogen and oxygen atoms in total. The Morgan fingerprint density at radius 1 is 0.932 bits per heavy atom. The predicted molar refractivity (Wildman–Crippen MR) is 158 cm³/mol. The van der Waals surface area contributed by atoms with Crippen molar-refractivity contribution >= 4 is 12.2 Å². The molecule has 0 bridgehead atoms. The van der Waals surface area contributed by atoms with Gasteiger partial charge in [0.2, 0.25) is 0 Å². The van der Waals surface area contributed by atoms with Crippen LogP contribution in [0.1, 0.15) is 81.6 Å². The maximum atomic E-state index is 12.8. The Morgan fingerprint density at radius 2 is 1.52 bits per heavy atom. The molecule has 0 aromatic heterocycles. The number of aliphatic hydroxyl groups is 3. The zero-order valence-corrected chi connectivity index (χ0v) is 27.6. The van der Waals surface area contributed by atoms with Crippen molar-refractivity contribution in [3.05, 3.63) is 0 Å². The number of aliphatic hydroxyl groups excluding tert-OH is 2. The van der Waals surface area contributed by atoms with Gasteiger partial charge in [-0.2, -0.15) is 0 Å². The minimum absolute atomic E-state index is 0.0799. The van der Waals surface area contributed by atoms with Gasteiger partial charge in [-0.15, -0.1) is 0 Å². The van der Waals surface area contributed by atoms with Crippen molar-refractivity contribution in [3.8, 4) is 0 Å². The maximum Gasteiger partial charge on any atom is 0.407 e. The Hall–Kier alpha value is -1.78. The molecular weight excluding hydrogens is 578 g/mol. The van der Waals surface area contributed by atoms with Gasteiger partial charge in [0, 0.05) is 24.4 Å². The zero-order chi connectivity index (χ0) is 33.2. The summed E-state index contributed by atoms with van der Waals surface area (Å²) in [5, 5.41) is 38.4. The van der Waals surface area contributed by atoms with Gasteiger partial charge in [-0.3, -0.25) is 0 Å². The largest absolute Gasteiger partial charge is 0.444 e. The molecule has 14 heteroatoms. The molecule has 44 heavy (non-hydrogen) atoms. The Balaban J connectivity index is 1.76. The third-order valence-corrected chi connectivity index (χ3v) is 8.22. The summed E-state index contributed by atoms with van der Waals surface area (Å²) >= 11 is 0.